The Hall–Kier alpha value is -1.39. The third-order valence-electron chi connectivity index (χ3n) is 5.33. The van der Waals surface area contributed by atoms with Crippen molar-refractivity contribution < 1.29 is 9.90 Å². The van der Waals surface area contributed by atoms with Gasteiger partial charge in [-0.1, -0.05) is 49.6 Å². The lowest BCUT2D eigenvalue weighted by Gasteiger charge is -2.39. The summed E-state index contributed by atoms with van der Waals surface area (Å²) < 4.78 is 0. The molecule has 1 aliphatic heterocycles. The number of nitrogens with zero attached hydrogens (tertiary/aromatic N) is 1. The second-order valence-corrected chi connectivity index (χ2v) is 6.92. The van der Waals surface area contributed by atoms with Crippen molar-refractivity contribution in [2.24, 2.45) is 0 Å². The number of benzene rings is 1. The van der Waals surface area contributed by atoms with Gasteiger partial charge in [-0.25, -0.2) is 0 Å². The molecule has 0 bridgehead atoms. The van der Waals surface area contributed by atoms with Crippen molar-refractivity contribution in [1.82, 2.24) is 10.2 Å². The summed E-state index contributed by atoms with van der Waals surface area (Å²) in [6.07, 6.45) is 7.71. The van der Waals surface area contributed by atoms with Crippen molar-refractivity contribution in [1.29, 1.82) is 0 Å². The SMILES string of the molecule is O=C(NC1CCN(C2CCCCC2)CC1)C(O)c1ccccc1. The molecule has 126 valence electrons. The summed E-state index contributed by atoms with van der Waals surface area (Å²) in [5.74, 6) is -0.271. The van der Waals surface area contributed by atoms with Crippen LogP contribution in [-0.4, -0.2) is 41.1 Å². The summed E-state index contributed by atoms with van der Waals surface area (Å²) in [6, 6.07) is 10.1. The predicted octanol–water partition coefficient (Wildman–Crippen LogP) is 2.63. The maximum Gasteiger partial charge on any atom is 0.253 e. The zero-order valence-corrected chi connectivity index (χ0v) is 13.8. The minimum absolute atomic E-state index is 0.195. The fourth-order valence-corrected chi connectivity index (χ4v) is 3.92. The Kier molecular flexibility index (Phi) is 5.68. The molecule has 4 heteroatoms. The number of piperidine rings is 1. The summed E-state index contributed by atoms with van der Waals surface area (Å²) in [5, 5.41) is 13.2. The number of aliphatic hydroxyl groups excluding tert-OH is 1. The molecule has 1 saturated heterocycles. The number of hydrogen-bond acceptors (Lipinski definition) is 3. The molecule has 1 saturated carbocycles. The molecule has 4 nitrogen and oxygen atoms in total. The maximum absolute atomic E-state index is 12.2. The summed E-state index contributed by atoms with van der Waals surface area (Å²) in [6.45, 7) is 2.13. The Labute approximate surface area is 138 Å². The average Bonchev–Trinajstić information content (AvgIpc) is 2.63. The number of aliphatic hydroxyl groups is 1. The van der Waals surface area contributed by atoms with Crippen LogP contribution in [-0.2, 0) is 4.79 Å². The number of nitrogens with one attached hydrogen (secondary N) is 1. The topological polar surface area (TPSA) is 52.6 Å². The van der Waals surface area contributed by atoms with Crippen molar-refractivity contribution in [3.05, 3.63) is 35.9 Å². The van der Waals surface area contributed by atoms with Gasteiger partial charge in [0.25, 0.3) is 5.91 Å². The number of carbonyl (C=O) groups excluding carboxylic acids is 1. The van der Waals surface area contributed by atoms with E-state index in [4.69, 9.17) is 0 Å². The molecule has 2 aliphatic rings. The van der Waals surface area contributed by atoms with E-state index in [0.717, 1.165) is 32.0 Å². The van der Waals surface area contributed by atoms with Crippen molar-refractivity contribution >= 4 is 5.91 Å². The lowest BCUT2D eigenvalue weighted by molar-refractivity contribution is -0.130. The van der Waals surface area contributed by atoms with E-state index in [0.29, 0.717) is 5.56 Å². The van der Waals surface area contributed by atoms with E-state index in [1.54, 1.807) is 12.1 Å². The smallest absolute Gasteiger partial charge is 0.253 e. The fraction of sp³-hybridized carbons (Fsp3) is 0.632. The van der Waals surface area contributed by atoms with Gasteiger partial charge in [-0.2, -0.15) is 0 Å². The highest BCUT2D eigenvalue weighted by molar-refractivity contribution is 5.82. The second kappa shape index (κ2) is 7.93. The van der Waals surface area contributed by atoms with Gasteiger partial charge in [0.05, 0.1) is 0 Å². The van der Waals surface area contributed by atoms with E-state index in [2.05, 4.69) is 10.2 Å². The van der Waals surface area contributed by atoms with Crippen molar-refractivity contribution in [2.75, 3.05) is 13.1 Å². The van der Waals surface area contributed by atoms with Crippen LogP contribution in [0.4, 0.5) is 0 Å². The first-order valence-corrected chi connectivity index (χ1v) is 9.01. The van der Waals surface area contributed by atoms with E-state index < -0.39 is 6.10 Å². The zero-order valence-electron chi connectivity index (χ0n) is 13.8. The normalized spacial score (nSPS) is 22.7. The van der Waals surface area contributed by atoms with Gasteiger partial charge in [-0.3, -0.25) is 4.79 Å². The fourth-order valence-electron chi connectivity index (χ4n) is 3.92. The minimum atomic E-state index is -1.06. The quantitative estimate of drug-likeness (QED) is 0.898. The number of hydrogen-bond donors (Lipinski definition) is 2. The minimum Gasteiger partial charge on any atom is -0.378 e. The first-order chi connectivity index (χ1) is 11.2. The molecule has 1 heterocycles. The van der Waals surface area contributed by atoms with Crippen LogP contribution in [0.15, 0.2) is 30.3 Å². The third-order valence-corrected chi connectivity index (χ3v) is 5.33. The standard InChI is InChI=1S/C19H28N2O2/c22-18(15-7-3-1-4-8-15)19(23)20-16-11-13-21(14-12-16)17-9-5-2-6-10-17/h1,3-4,7-8,16-18,22H,2,5-6,9-14H2,(H,20,23). The molecule has 1 unspecified atom stereocenters. The summed E-state index contributed by atoms with van der Waals surface area (Å²) in [5.41, 5.74) is 0.657. The van der Waals surface area contributed by atoms with E-state index in [-0.39, 0.29) is 11.9 Å². The predicted molar refractivity (Wildman–Crippen MR) is 91.0 cm³/mol. The molecule has 0 radical (unpaired) electrons. The van der Waals surface area contributed by atoms with Crippen LogP contribution in [0.2, 0.25) is 0 Å². The van der Waals surface area contributed by atoms with Gasteiger partial charge < -0.3 is 15.3 Å². The Bertz CT molecular complexity index is 491. The Balaban J connectivity index is 1.45. The van der Waals surface area contributed by atoms with Gasteiger partial charge in [0.2, 0.25) is 0 Å². The van der Waals surface area contributed by atoms with Crippen LogP contribution < -0.4 is 5.32 Å². The molecule has 2 fully saturated rings. The van der Waals surface area contributed by atoms with Crippen LogP contribution in [0.1, 0.15) is 56.6 Å². The Morgan fingerprint density at radius 3 is 2.35 bits per heavy atom. The number of rotatable bonds is 4. The van der Waals surface area contributed by atoms with Crippen molar-refractivity contribution in [3.8, 4) is 0 Å². The molecule has 0 spiro atoms. The maximum atomic E-state index is 12.2. The van der Waals surface area contributed by atoms with E-state index in [1.807, 2.05) is 18.2 Å². The highest BCUT2D eigenvalue weighted by Crippen LogP contribution is 2.25. The van der Waals surface area contributed by atoms with Gasteiger partial charge >= 0.3 is 0 Å². The lowest BCUT2D eigenvalue weighted by Crippen LogP contribution is -2.49. The van der Waals surface area contributed by atoms with Crippen LogP contribution in [0.3, 0.4) is 0 Å². The summed E-state index contributed by atoms with van der Waals surface area (Å²) >= 11 is 0. The number of carbonyl (C=O) groups is 1. The molecular formula is C19H28N2O2. The number of likely N-dealkylation sites (tertiary alicyclic amines) is 1. The molecule has 3 rings (SSSR count). The van der Waals surface area contributed by atoms with Crippen LogP contribution in [0.5, 0.6) is 0 Å². The van der Waals surface area contributed by atoms with Crippen LogP contribution in [0, 0.1) is 0 Å². The second-order valence-electron chi connectivity index (χ2n) is 6.92. The largest absolute Gasteiger partial charge is 0.378 e. The first-order valence-electron chi connectivity index (χ1n) is 9.01. The molecule has 2 N–H and O–H groups in total. The van der Waals surface area contributed by atoms with E-state index in [1.165, 1.54) is 32.1 Å². The van der Waals surface area contributed by atoms with Crippen molar-refractivity contribution in [3.63, 3.8) is 0 Å². The summed E-state index contributed by atoms with van der Waals surface area (Å²) in [7, 11) is 0. The molecule has 1 aromatic rings. The highest BCUT2D eigenvalue weighted by Gasteiger charge is 2.28. The highest BCUT2D eigenvalue weighted by atomic mass is 16.3. The van der Waals surface area contributed by atoms with Gasteiger partial charge in [0.15, 0.2) is 6.10 Å². The van der Waals surface area contributed by atoms with Gasteiger partial charge in [0, 0.05) is 25.2 Å². The lowest BCUT2D eigenvalue weighted by atomic mass is 9.92. The van der Waals surface area contributed by atoms with Gasteiger partial charge in [-0.05, 0) is 31.2 Å². The van der Waals surface area contributed by atoms with E-state index >= 15 is 0 Å². The van der Waals surface area contributed by atoms with Crippen LogP contribution >= 0.6 is 0 Å². The molecule has 1 atom stereocenters. The number of amides is 1. The zero-order chi connectivity index (χ0) is 16.1. The Morgan fingerprint density at radius 1 is 1.04 bits per heavy atom. The molecule has 0 aromatic heterocycles. The molecule has 1 amide bonds. The van der Waals surface area contributed by atoms with Gasteiger partial charge in [-0.15, -0.1) is 0 Å². The molecule has 23 heavy (non-hydrogen) atoms. The monoisotopic (exact) mass is 316 g/mol. The van der Waals surface area contributed by atoms with Gasteiger partial charge in [0.1, 0.15) is 0 Å². The molecular weight excluding hydrogens is 288 g/mol. The summed E-state index contributed by atoms with van der Waals surface area (Å²) in [4.78, 5) is 14.8. The molecule has 1 aliphatic carbocycles. The third kappa shape index (κ3) is 4.33. The van der Waals surface area contributed by atoms with Crippen LogP contribution in [0.25, 0.3) is 0 Å². The Morgan fingerprint density at radius 2 is 1.70 bits per heavy atom. The first kappa shape index (κ1) is 16.5. The average molecular weight is 316 g/mol. The van der Waals surface area contributed by atoms with Crippen molar-refractivity contribution in [2.45, 2.75) is 63.1 Å². The van der Waals surface area contributed by atoms with E-state index in [9.17, 15) is 9.90 Å². The molecule has 1 aromatic carbocycles.